The number of carbonyl (C=O) groups excluding carboxylic acids is 2. The van der Waals surface area contributed by atoms with Gasteiger partial charge in [0.1, 0.15) is 5.01 Å². The van der Waals surface area contributed by atoms with Crippen molar-refractivity contribution in [3.8, 4) is 6.07 Å². The Morgan fingerprint density at radius 1 is 1.35 bits per heavy atom. The number of hydrogen-bond donors (Lipinski definition) is 0. The molecule has 0 unspecified atom stereocenters. The summed E-state index contributed by atoms with van der Waals surface area (Å²) in [5.41, 5.74) is 1.27. The fourth-order valence-corrected chi connectivity index (χ4v) is 3.63. The molecule has 0 radical (unpaired) electrons. The van der Waals surface area contributed by atoms with Crippen LogP contribution in [0.5, 0.6) is 0 Å². The maximum atomic E-state index is 12.2. The summed E-state index contributed by atoms with van der Waals surface area (Å²) in [5.74, 6) is -2.52. The number of nitriles is 1. The number of thiazole rings is 1. The van der Waals surface area contributed by atoms with E-state index in [0.29, 0.717) is 16.3 Å². The Bertz CT molecular complexity index is 1000. The fraction of sp³-hybridized carbons (Fsp3) is 0.294. The van der Waals surface area contributed by atoms with E-state index in [1.54, 1.807) is 19.2 Å². The van der Waals surface area contributed by atoms with Crippen molar-refractivity contribution in [3.05, 3.63) is 45.4 Å². The van der Waals surface area contributed by atoms with Crippen LogP contribution in [-0.2, 0) is 19.4 Å². The molecule has 7 nitrogen and oxygen atoms in total. The highest BCUT2D eigenvalue weighted by molar-refractivity contribution is 7.90. The minimum atomic E-state index is -3.48. The smallest absolute Gasteiger partial charge is 0.338 e. The second-order valence-electron chi connectivity index (χ2n) is 5.68. The maximum Gasteiger partial charge on any atom is 0.338 e. The summed E-state index contributed by atoms with van der Waals surface area (Å²) in [6.45, 7) is 2.77. The zero-order valence-corrected chi connectivity index (χ0v) is 16.0. The van der Waals surface area contributed by atoms with Gasteiger partial charge in [-0.15, -0.1) is 11.3 Å². The number of Topliss-reactive ketones (excluding diaryl/α,β-unsaturated/α-hetero) is 1. The molecule has 0 saturated heterocycles. The van der Waals surface area contributed by atoms with Gasteiger partial charge in [0, 0.05) is 17.3 Å². The average Bonchev–Trinajstić information content (AvgIpc) is 2.98. The largest absolute Gasteiger partial charge is 0.454 e. The molecule has 26 heavy (non-hydrogen) atoms. The van der Waals surface area contributed by atoms with E-state index in [-0.39, 0.29) is 10.5 Å². The summed E-state index contributed by atoms with van der Waals surface area (Å²) in [6.07, 6.45) is 1.03. The molecule has 1 atom stereocenters. The lowest BCUT2D eigenvalue weighted by atomic mass is 10.1. The van der Waals surface area contributed by atoms with Crippen molar-refractivity contribution in [2.75, 3.05) is 12.9 Å². The van der Waals surface area contributed by atoms with Gasteiger partial charge in [0.2, 0.25) is 0 Å². The molecular formula is C17H16N2O5S2. The van der Waals surface area contributed by atoms with Crippen LogP contribution in [0.4, 0.5) is 0 Å². The summed E-state index contributed by atoms with van der Waals surface area (Å²) >= 11 is 1.19. The number of carbonyl (C=O) groups is 2. The molecule has 0 amide bonds. The molecule has 1 aromatic carbocycles. The highest BCUT2D eigenvalue weighted by atomic mass is 32.2. The number of hydrogen-bond acceptors (Lipinski definition) is 8. The Morgan fingerprint density at radius 3 is 2.58 bits per heavy atom. The molecule has 1 aromatic heterocycles. The van der Waals surface area contributed by atoms with Gasteiger partial charge in [-0.05, 0) is 31.5 Å². The van der Waals surface area contributed by atoms with Gasteiger partial charge in [-0.1, -0.05) is 6.07 Å². The minimum Gasteiger partial charge on any atom is -0.454 e. The van der Waals surface area contributed by atoms with Gasteiger partial charge in [-0.25, -0.2) is 18.2 Å². The van der Waals surface area contributed by atoms with Crippen LogP contribution in [0.3, 0.4) is 0 Å². The van der Waals surface area contributed by atoms with Crippen molar-refractivity contribution in [1.82, 2.24) is 4.98 Å². The molecular weight excluding hydrogens is 376 g/mol. The second-order valence-corrected chi connectivity index (χ2v) is 8.59. The number of ether oxygens (including phenoxy) is 1. The molecule has 0 aliphatic carbocycles. The lowest BCUT2D eigenvalue weighted by Crippen LogP contribution is -2.20. The zero-order chi connectivity index (χ0) is 19.5. The monoisotopic (exact) mass is 392 g/mol. The number of benzene rings is 1. The molecule has 0 fully saturated rings. The van der Waals surface area contributed by atoms with Gasteiger partial charge in [0.15, 0.2) is 28.1 Å². The van der Waals surface area contributed by atoms with E-state index in [2.05, 4.69) is 4.98 Å². The summed E-state index contributed by atoms with van der Waals surface area (Å²) in [6, 6.07) is 5.96. The third-order valence-corrected chi connectivity index (χ3v) is 5.68. The molecule has 1 heterocycles. The SMILES string of the molecule is Cc1csc([C@@H](C#N)C(=O)COC(=O)c2cc(S(C)(=O)=O)ccc2C)n1. The van der Waals surface area contributed by atoms with E-state index >= 15 is 0 Å². The first kappa shape index (κ1) is 19.8. The number of aryl methyl sites for hydroxylation is 2. The normalized spacial score (nSPS) is 12.2. The third-order valence-electron chi connectivity index (χ3n) is 3.54. The molecule has 0 N–H and O–H groups in total. The number of esters is 1. The maximum absolute atomic E-state index is 12.2. The van der Waals surface area contributed by atoms with Gasteiger partial charge in [0.05, 0.1) is 16.5 Å². The minimum absolute atomic E-state index is 0.0189. The molecule has 2 rings (SSSR count). The van der Waals surface area contributed by atoms with E-state index in [1.807, 2.05) is 6.07 Å². The van der Waals surface area contributed by atoms with E-state index < -0.39 is 34.1 Å². The van der Waals surface area contributed by atoms with Crippen molar-refractivity contribution in [2.45, 2.75) is 24.7 Å². The van der Waals surface area contributed by atoms with Crippen molar-refractivity contribution in [2.24, 2.45) is 0 Å². The molecule has 9 heteroatoms. The first-order valence-electron chi connectivity index (χ1n) is 7.45. The Balaban J connectivity index is 2.13. The van der Waals surface area contributed by atoms with E-state index in [4.69, 9.17) is 4.74 Å². The number of ketones is 1. The fourth-order valence-electron chi connectivity index (χ4n) is 2.12. The molecule has 0 spiro atoms. The van der Waals surface area contributed by atoms with E-state index in [9.17, 15) is 23.3 Å². The number of aromatic nitrogens is 1. The van der Waals surface area contributed by atoms with Crippen LogP contribution >= 0.6 is 11.3 Å². The number of rotatable bonds is 6. The molecule has 0 bridgehead atoms. The van der Waals surface area contributed by atoms with Gasteiger partial charge < -0.3 is 4.74 Å². The van der Waals surface area contributed by atoms with Crippen molar-refractivity contribution in [1.29, 1.82) is 5.26 Å². The summed E-state index contributed by atoms with van der Waals surface area (Å²) in [5, 5.41) is 11.3. The van der Waals surface area contributed by atoms with E-state index in [0.717, 1.165) is 6.26 Å². The third kappa shape index (κ3) is 4.53. The van der Waals surface area contributed by atoms with Gasteiger partial charge >= 0.3 is 5.97 Å². The summed E-state index contributed by atoms with van der Waals surface area (Å²) in [4.78, 5) is 28.5. The van der Waals surface area contributed by atoms with Crippen LogP contribution in [0, 0.1) is 25.2 Å². The van der Waals surface area contributed by atoms with Crippen LogP contribution in [0.25, 0.3) is 0 Å². The number of nitrogens with zero attached hydrogens (tertiary/aromatic N) is 2. The summed E-state index contributed by atoms with van der Waals surface area (Å²) in [7, 11) is -3.48. The molecule has 0 aliphatic rings. The predicted octanol–water partition coefficient (Wildman–Crippen LogP) is 2.20. The standard InChI is InChI=1S/C17H16N2O5S2/c1-10-4-5-12(26(3,22)23)6-13(10)17(21)24-8-15(20)14(7-18)16-19-11(2)9-25-16/h4-6,9,14H,8H2,1-3H3/t14-/m0/s1. The Hall–Kier alpha value is -2.57. The second kappa shape index (κ2) is 7.76. The number of sulfone groups is 1. The van der Waals surface area contributed by atoms with E-state index in [1.165, 1.54) is 29.5 Å². The lowest BCUT2D eigenvalue weighted by molar-refractivity contribution is -0.122. The van der Waals surface area contributed by atoms with Gasteiger partial charge in [0.25, 0.3) is 0 Å². The van der Waals surface area contributed by atoms with Crippen LogP contribution in [0.1, 0.15) is 32.5 Å². The highest BCUT2D eigenvalue weighted by Crippen LogP contribution is 2.21. The predicted molar refractivity (Wildman–Crippen MR) is 94.8 cm³/mol. The first-order valence-corrected chi connectivity index (χ1v) is 10.2. The molecule has 2 aromatic rings. The lowest BCUT2D eigenvalue weighted by Gasteiger charge is -2.09. The van der Waals surface area contributed by atoms with Crippen molar-refractivity contribution >= 4 is 32.9 Å². The van der Waals surface area contributed by atoms with Gasteiger partial charge in [-0.3, -0.25) is 4.79 Å². The van der Waals surface area contributed by atoms with Crippen LogP contribution in [-0.4, -0.2) is 38.0 Å². The molecule has 136 valence electrons. The average molecular weight is 392 g/mol. The highest BCUT2D eigenvalue weighted by Gasteiger charge is 2.25. The Morgan fingerprint density at radius 2 is 2.04 bits per heavy atom. The molecule has 0 saturated carbocycles. The van der Waals surface area contributed by atoms with Gasteiger partial charge in [-0.2, -0.15) is 5.26 Å². The quantitative estimate of drug-likeness (QED) is 0.692. The molecule has 0 aliphatic heterocycles. The van der Waals surface area contributed by atoms with Crippen molar-refractivity contribution < 1.29 is 22.7 Å². The van der Waals surface area contributed by atoms with Crippen molar-refractivity contribution in [3.63, 3.8) is 0 Å². The topological polar surface area (TPSA) is 114 Å². The van der Waals surface area contributed by atoms with Crippen LogP contribution in [0.15, 0.2) is 28.5 Å². The Labute approximate surface area is 155 Å². The van der Waals surface area contributed by atoms with Crippen LogP contribution < -0.4 is 0 Å². The Kier molecular flexibility index (Phi) is 5.90. The zero-order valence-electron chi connectivity index (χ0n) is 14.3. The van der Waals surface area contributed by atoms with Crippen LogP contribution in [0.2, 0.25) is 0 Å². The summed E-state index contributed by atoms with van der Waals surface area (Å²) < 4.78 is 28.2. The first-order chi connectivity index (χ1) is 12.1.